The molecular weight excluding hydrogens is 325 g/mol. The molecule has 0 saturated heterocycles. The summed E-state index contributed by atoms with van der Waals surface area (Å²) in [5.74, 6) is -2.82. The van der Waals surface area contributed by atoms with E-state index >= 15 is 0 Å². The Morgan fingerprint density at radius 1 is 1.29 bits per heavy atom. The highest BCUT2D eigenvalue weighted by Gasteiger charge is 2.38. The quantitative estimate of drug-likeness (QED) is 0.609. The zero-order valence-corrected chi connectivity index (χ0v) is 13.4. The monoisotopic (exact) mass is 344 g/mol. The van der Waals surface area contributed by atoms with E-state index in [9.17, 15) is 22.8 Å². The third kappa shape index (κ3) is 5.00. The van der Waals surface area contributed by atoms with Crippen molar-refractivity contribution in [2.75, 3.05) is 29.9 Å². The summed E-state index contributed by atoms with van der Waals surface area (Å²) in [6.45, 7) is 8.33. The van der Waals surface area contributed by atoms with Crippen molar-refractivity contribution in [3.05, 3.63) is 36.4 Å². The largest absolute Gasteiger partial charge is 0.471 e. The van der Waals surface area contributed by atoms with Crippen molar-refractivity contribution < 1.29 is 27.5 Å². The molecule has 0 saturated carbocycles. The predicted molar refractivity (Wildman–Crippen MR) is 85.2 cm³/mol. The molecule has 1 aromatic carbocycles. The van der Waals surface area contributed by atoms with E-state index in [0.29, 0.717) is 18.8 Å². The first-order valence-electron chi connectivity index (χ1n) is 7.29. The number of nitrogens with one attached hydrogen (secondary N) is 1. The van der Waals surface area contributed by atoms with Crippen LogP contribution in [0.3, 0.4) is 0 Å². The molecule has 0 aliphatic carbocycles. The lowest BCUT2D eigenvalue weighted by atomic mass is 10.1. The molecule has 0 aliphatic heterocycles. The smallest absolute Gasteiger partial charge is 0.458 e. The highest BCUT2D eigenvalue weighted by atomic mass is 19.4. The van der Waals surface area contributed by atoms with Crippen molar-refractivity contribution in [2.45, 2.75) is 20.0 Å². The zero-order chi connectivity index (χ0) is 18.3. The average Bonchev–Trinajstić information content (AvgIpc) is 2.53. The highest BCUT2D eigenvalue weighted by molar-refractivity contribution is 6.00. The number of carbonyl (C=O) groups excluding carboxylic acids is 2. The number of carbonyl (C=O) groups is 2. The van der Waals surface area contributed by atoms with Crippen LogP contribution >= 0.6 is 0 Å². The first-order valence-corrected chi connectivity index (χ1v) is 7.29. The molecule has 132 valence electrons. The number of rotatable bonds is 7. The third-order valence-corrected chi connectivity index (χ3v) is 3.17. The van der Waals surface area contributed by atoms with Crippen LogP contribution in [0.25, 0.3) is 0 Å². The lowest BCUT2D eigenvalue weighted by Crippen LogP contribution is -2.30. The summed E-state index contributed by atoms with van der Waals surface area (Å²) in [7, 11) is 0. The maximum absolute atomic E-state index is 12.4. The summed E-state index contributed by atoms with van der Waals surface area (Å²) in [6, 6.07) is 3.95. The average molecular weight is 344 g/mol. The Bertz CT molecular complexity index is 611. The van der Waals surface area contributed by atoms with Gasteiger partial charge in [0.1, 0.15) is 6.61 Å². The maximum atomic E-state index is 12.4. The van der Waals surface area contributed by atoms with E-state index in [1.165, 1.54) is 24.3 Å². The number of esters is 1. The van der Waals surface area contributed by atoms with Gasteiger partial charge in [-0.2, -0.15) is 13.2 Å². The van der Waals surface area contributed by atoms with Gasteiger partial charge < -0.3 is 15.0 Å². The zero-order valence-electron chi connectivity index (χ0n) is 13.4. The van der Waals surface area contributed by atoms with Gasteiger partial charge in [-0.3, -0.25) is 4.79 Å². The number of benzene rings is 1. The minimum atomic E-state index is -5.01. The second kappa shape index (κ2) is 8.37. The lowest BCUT2D eigenvalue weighted by molar-refractivity contribution is -0.167. The topological polar surface area (TPSA) is 58.6 Å². The minimum absolute atomic E-state index is 0.0321. The SMILES string of the molecule is C=CCOC(=O)c1cc(NC(=O)C(F)(F)F)ccc1N(CC)CC. The van der Waals surface area contributed by atoms with Crippen LogP contribution in [0.5, 0.6) is 0 Å². The van der Waals surface area contributed by atoms with Gasteiger partial charge in [0.25, 0.3) is 0 Å². The van der Waals surface area contributed by atoms with Crippen molar-refractivity contribution >= 4 is 23.3 Å². The molecule has 8 heteroatoms. The van der Waals surface area contributed by atoms with Gasteiger partial charge in [0.15, 0.2) is 0 Å². The van der Waals surface area contributed by atoms with E-state index in [4.69, 9.17) is 4.74 Å². The Kier molecular flexibility index (Phi) is 6.82. The summed E-state index contributed by atoms with van der Waals surface area (Å²) < 4.78 is 42.0. The Morgan fingerprint density at radius 3 is 2.42 bits per heavy atom. The molecule has 0 spiro atoms. The van der Waals surface area contributed by atoms with Crippen LogP contribution in [0.15, 0.2) is 30.9 Å². The molecule has 5 nitrogen and oxygen atoms in total. The molecule has 1 N–H and O–H groups in total. The number of hydrogen-bond donors (Lipinski definition) is 1. The second-order valence-corrected chi connectivity index (χ2v) is 4.74. The number of hydrogen-bond acceptors (Lipinski definition) is 4. The fraction of sp³-hybridized carbons (Fsp3) is 0.375. The van der Waals surface area contributed by atoms with Gasteiger partial charge in [0.05, 0.1) is 11.3 Å². The molecular formula is C16H19F3N2O3. The molecule has 0 aliphatic rings. The van der Waals surface area contributed by atoms with Crippen LogP contribution in [-0.4, -0.2) is 37.7 Å². The summed E-state index contributed by atoms with van der Waals surface area (Å²) >= 11 is 0. The van der Waals surface area contributed by atoms with E-state index in [-0.39, 0.29) is 17.9 Å². The number of anilines is 2. The molecule has 0 unspecified atom stereocenters. The summed E-state index contributed by atoms with van der Waals surface area (Å²) in [6.07, 6.45) is -3.63. The Balaban J connectivity index is 3.21. The van der Waals surface area contributed by atoms with Gasteiger partial charge in [0.2, 0.25) is 0 Å². The predicted octanol–water partition coefficient (Wildman–Crippen LogP) is 3.38. The van der Waals surface area contributed by atoms with Gasteiger partial charge in [-0.25, -0.2) is 4.79 Å². The number of nitrogens with zero attached hydrogens (tertiary/aromatic N) is 1. The molecule has 1 rings (SSSR count). The molecule has 0 heterocycles. The van der Waals surface area contributed by atoms with Crippen molar-refractivity contribution in [3.8, 4) is 0 Å². The third-order valence-electron chi connectivity index (χ3n) is 3.17. The van der Waals surface area contributed by atoms with Crippen molar-refractivity contribution in [1.82, 2.24) is 0 Å². The van der Waals surface area contributed by atoms with Crippen LogP contribution in [0.4, 0.5) is 24.5 Å². The molecule has 24 heavy (non-hydrogen) atoms. The number of halogens is 3. The van der Waals surface area contributed by atoms with Crippen LogP contribution in [0.1, 0.15) is 24.2 Å². The van der Waals surface area contributed by atoms with Crippen molar-refractivity contribution in [1.29, 1.82) is 0 Å². The molecule has 0 radical (unpaired) electrons. The Hall–Kier alpha value is -2.51. The van der Waals surface area contributed by atoms with Gasteiger partial charge in [-0.15, -0.1) is 0 Å². The van der Waals surface area contributed by atoms with E-state index in [2.05, 4.69) is 6.58 Å². The lowest BCUT2D eigenvalue weighted by Gasteiger charge is -2.24. The first kappa shape index (κ1) is 19.5. The Morgan fingerprint density at radius 2 is 1.92 bits per heavy atom. The van der Waals surface area contributed by atoms with Crippen LogP contribution < -0.4 is 10.2 Å². The minimum Gasteiger partial charge on any atom is -0.458 e. The Labute approximate surface area is 138 Å². The normalized spacial score (nSPS) is 10.9. The first-order chi connectivity index (χ1) is 11.2. The van der Waals surface area contributed by atoms with Gasteiger partial charge in [0, 0.05) is 18.8 Å². The highest BCUT2D eigenvalue weighted by Crippen LogP contribution is 2.26. The van der Waals surface area contributed by atoms with E-state index in [0.717, 1.165) is 0 Å². The number of alkyl halides is 3. The molecule has 0 fully saturated rings. The molecule has 1 aromatic rings. The van der Waals surface area contributed by atoms with Crippen LogP contribution in [-0.2, 0) is 9.53 Å². The maximum Gasteiger partial charge on any atom is 0.471 e. The fourth-order valence-corrected chi connectivity index (χ4v) is 2.03. The summed E-state index contributed by atoms with van der Waals surface area (Å²) in [5.41, 5.74) is 0.443. The number of ether oxygens (including phenoxy) is 1. The van der Waals surface area contributed by atoms with Crippen LogP contribution in [0.2, 0.25) is 0 Å². The van der Waals surface area contributed by atoms with Crippen molar-refractivity contribution in [3.63, 3.8) is 0 Å². The summed E-state index contributed by atoms with van der Waals surface area (Å²) in [5, 5.41) is 1.73. The molecule has 0 bridgehead atoms. The summed E-state index contributed by atoms with van der Waals surface area (Å²) in [4.78, 5) is 25.1. The molecule has 1 amide bonds. The van der Waals surface area contributed by atoms with Crippen molar-refractivity contribution in [2.24, 2.45) is 0 Å². The second-order valence-electron chi connectivity index (χ2n) is 4.74. The molecule has 0 atom stereocenters. The van der Waals surface area contributed by atoms with E-state index in [1.54, 1.807) is 5.32 Å². The van der Waals surface area contributed by atoms with E-state index < -0.39 is 18.1 Å². The van der Waals surface area contributed by atoms with Gasteiger partial charge in [-0.1, -0.05) is 12.7 Å². The van der Waals surface area contributed by atoms with Crippen LogP contribution in [0, 0.1) is 0 Å². The molecule has 0 aromatic heterocycles. The standard InChI is InChI=1S/C16H19F3N2O3/c1-4-9-24-14(22)12-10-11(20-15(23)16(17,18)19)7-8-13(12)21(5-2)6-3/h4,7-8,10H,1,5-6,9H2,2-3H3,(H,20,23). The fourth-order valence-electron chi connectivity index (χ4n) is 2.03. The van der Waals surface area contributed by atoms with E-state index in [1.807, 2.05) is 18.7 Å². The number of amides is 1. The van der Waals surface area contributed by atoms with Gasteiger partial charge >= 0.3 is 18.1 Å². The van der Waals surface area contributed by atoms with Gasteiger partial charge in [-0.05, 0) is 32.0 Å².